The van der Waals surface area contributed by atoms with Crippen molar-refractivity contribution < 1.29 is 14.1 Å². The molecule has 24 heavy (non-hydrogen) atoms. The van der Waals surface area contributed by atoms with Crippen molar-refractivity contribution in [3.8, 4) is 0 Å². The summed E-state index contributed by atoms with van der Waals surface area (Å²) < 4.78 is 11.1. The Bertz CT molecular complexity index is 743. The van der Waals surface area contributed by atoms with Crippen LogP contribution in [0.2, 0.25) is 0 Å². The summed E-state index contributed by atoms with van der Waals surface area (Å²) in [6.45, 7) is 5.08. The van der Waals surface area contributed by atoms with Crippen molar-refractivity contribution in [2.24, 2.45) is 5.92 Å². The molecule has 0 aromatic carbocycles. The average Bonchev–Trinajstić information content (AvgIpc) is 3.20. The lowest BCUT2D eigenvalue weighted by molar-refractivity contribution is -0.000983. The highest BCUT2D eigenvalue weighted by Gasteiger charge is 2.42. The van der Waals surface area contributed by atoms with Crippen LogP contribution in [0.25, 0.3) is 0 Å². The maximum absolute atomic E-state index is 12.7. The molecule has 2 saturated heterocycles. The van der Waals surface area contributed by atoms with Crippen molar-refractivity contribution in [2.75, 3.05) is 13.1 Å². The number of ether oxygens (including phenoxy) is 1. The van der Waals surface area contributed by atoms with Crippen LogP contribution in [0.5, 0.6) is 0 Å². The topological polar surface area (TPSA) is 81.4 Å². The van der Waals surface area contributed by atoms with E-state index in [1.54, 1.807) is 13.1 Å². The number of pyridine rings is 1. The van der Waals surface area contributed by atoms with Crippen LogP contribution in [0.15, 0.2) is 22.9 Å². The van der Waals surface area contributed by atoms with Crippen LogP contribution >= 0.6 is 0 Å². The molecule has 0 bridgehead atoms. The van der Waals surface area contributed by atoms with Crippen molar-refractivity contribution >= 4 is 5.91 Å². The Morgan fingerprint density at radius 3 is 2.92 bits per heavy atom. The number of likely N-dealkylation sites (tertiary alicyclic amines) is 1. The lowest BCUT2D eigenvalue weighted by atomic mass is 9.92. The molecule has 0 saturated carbocycles. The maximum Gasteiger partial charge on any atom is 0.255 e. The Balaban J connectivity index is 1.44. The van der Waals surface area contributed by atoms with Gasteiger partial charge in [0, 0.05) is 37.8 Å². The summed E-state index contributed by atoms with van der Waals surface area (Å²) in [7, 11) is 0. The summed E-state index contributed by atoms with van der Waals surface area (Å²) in [6.07, 6.45) is 3.34. The number of rotatable bonds is 2. The molecule has 7 nitrogen and oxygen atoms in total. The molecule has 0 radical (unpaired) electrons. The monoisotopic (exact) mass is 328 g/mol. The van der Waals surface area contributed by atoms with E-state index in [2.05, 4.69) is 15.1 Å². The first-order chi connectivity index (χ1) is 11.6. The van der Waals surface area contributed by atoms with Gasteiger partial charge in [0.05, 0.1) is 11.7 Å². The van der Waals surface area contributed by atoms with Gasteiger partial charge in [-0.2, -0.15) is 4.98 Å². The molecule has 1 amide bonds. The molecule has 3 atom stereocenters. The molecule has 126 valence electrons. The number of hydrogen-bond donors (Lipinski definition) is 0. The second-order valence-corrected chi connectivity index (χ2v) is 6.56. The Kier molecular flexibility index (Phi) is 3.80. The zero-order chi connectivity index (χ0) is 16.7. The summed E-state index contributed by atoms with van der Waals surface area (Å²) in [5.41, 5.74) is 1.55. The van der Waals surface area contributed by atoms with Crippen LogP contribution in [-0.2, 0) is 4.74 Å². The molecule has 4 heterocycles. The van der Waals surface area contributed by atoms with Crippen molar-refractivity contribution in [2.45, 2.75) is 38.9 Å². The third-order valence-electron chi connectivity index (χ3n) is 4.80. The van der Waals surface area contributed by atoms with Crippen LogP contribution in [0.3, 0.4) is 0 Å². The van der Waals surface area contributed by atoms with E-state index in [-0.39, 0.29) is 18.1 Å². The molecule has 0 unspecified atom stereocenters. The average molecular weight is 328 g/mol. The zero-order valence-corrected chi connectivity index (χ0v) is 13.8. The molecular formula is C17H20N4O3. The van der Waals surface area contributed by atoms with E-state index in [9.17, 15) is 4.79 Å². The predicted octanol–water partition coefficient (Wildman–Crippen LogP) is 2.07. The summed E-state index contributed by atoms with van der Waals surface area (Å²) in [5.74, 6) is 1.51. The van der Waals surface area contributed by atoms with E-state index in [4.69, 9.17) is 9.26 Å². The number of amides is 1. The zero-order valence-electron chi connectivity index (χ0n) is 13.8. The van der Waals surface area contributed by atoms with Gasteiger partial charge in [-0.05, 0) is 31.9 Å². The molecule has 2 aliphatic heterocycles. The Morgan fingerprint density at radius 2 is 2.21 bits per heavy atom. The standard InChI is InChI=1S/C17H20N4O3/c1-10-3-4-12(8-18-10)17(22)21-6-5-14-13(9-21)7-15(23-14)16-19-11(2)24-20-16/h3-4,8,13-15H,5-7,9H2,1-2H3/t13-,14-,15+/m1/s1. The lowest BCUT2D eigenvalue weighted by Crippen LogP contribution is -2.44. The molecule has 0 spiro atoms. The minimum atomic E-state index is -0.131. The van der Waals surface area contributed by atoms with Gasteiger partial charge < -0.3 is 14.2 Å². The van der Waals surface area contributed by atoms with E-state index < -0.39 is 0 Å². The number of aryl methyl sites for hydroxylation is 2. The molecule has 4 rings (SSSR count). The van der Waals surface area contributed by atoms with Gasteiger partial charge in [-0.3, -0.25) is 9.78 Å². The predicted molar refractivity (Wildman–Crippen MR) is 84.3 cm³/mol. The minimum absolute atomic E-state index is 0.0415. The number of carbonyl (C=O) groups is 1. The molecule has 7 heteroatoms. The Hall–Kier alpha value is -2.28. The highest BCUT2D eigenvalue weighted by molar-refractivity contribution is 5.94. The second-order valence-electron chi connectivity index (χ2n) is 6.56. The first kappa shape index (κ1) is 15.3. The molecule has 2 fully saturated rings. The first-order valence-electron chi connectivity index (χ1n) is 8.28. The molecule has 2 aromatic rings. The summed E-state index contributed by atoms with van der Waals surface area (Å²) in [6, 6.07) is 3.71. The maximum atomic E-state index is 12.7. The highest BCUT2D eigenvalue weighted by atomic mass is 16.5. The Labute approximate surface area is 140 Å². The molecule has 0 N–H and O–H groups in total. The summed E-state index contributed by atoms with van der Waals surface area (Å²) in [5, 5.41) is 3.97. The summed E-state index contributed by atoms with van der Waals surface area (Å²) >= 11 is 0. The van der Waals surface area contributed by atoms with E-state index >= 15 is 0 Å². The van der Waals surface area contributed by atoms with E-state index in [0.29, 0.717) is 36.3 Å². The summed E-state index contributed by atoms with van der Waals surface area (Å²) in [4.78, 5) is 23.0. The first-order valence-corrected chi connectivity index (χ1v) is 8.28. The number of aromatic nitrogens is 3. The van der Waals surface area contributed by atoms with Crippen LogP contribution < -0.4 is 0 Å². The minimum Gasteiger partial charge on any atom is -0.366 e. The van der Waals surface area contributed by atoms with E-state index in [0.717, 1.165) is 18.5 Å². The Morgan fingerprint density at radius 1 is 1.33 bits per heavy atom. The number of piperidine rings is 1. The van der Waals surface area contributed by atoms with Gasteiger partial charge in [-0.1, -0.05) is 5.16 Å². The smallest absolute Gasteiger partial charge is 0.255 e. The van der Waals surface area contributed by atoms with Crippen LogP contribution in [-0.4, -0.2) is 45.1 Å². The number of hydrogen-bond acceptors (Lipinski definition) is 6. The van der Waals surface area contributed by atoms with Gasteiger partial charge >= 0.3 is 0 Å². The van der Waals surface area contributed by atoms with Crippen molar-refractivity contribution in [1.82, 2.24) is 20.0 Å². The fourth-order valence-electron chi connectivity index (χ4n) is 3.53. The van der Waals surface area contributed by atoms with Crippen molar-refractivity contribution in [3.05, 3.63) is 41.3 Å². The quantitative estimate of drug-likeness (QED) is 0.839. The van der Waals surface area contributed by atoms with Crippen molar-refractivity contribution in [1.29, 1.82) is 0 Å². The highest BCUT2D eigenvalue weighted by Crippen LogP contribution is 2.40. The molecule has 2 aromatic heterocycles. The van der Waals surface area contributed by atoms with Crippen molar-refractivity contribution in [3.63, 3.8) is 0 Å². The van der Waals surface area contributed by atoms with Crippen LogP contribution in [0, 0.1) is 19.8 Å². The van der Waals surface area contributed by atoms with E-state index in [1.165, 1.54) is 0 Å². The van der Waals surface area contributed by atoms with Gasteiger partial charge in [0.1, 0.15) is 6.10 Å². The fourth-order valence-corrected chi connectivity index (χ4v) is 3.53. The van der Waals surface area contributed by atoms with Crippen LogP contribution in [0.4, 0.5) is 0 Å². The number of carbonyl (C=O) groups excluding carboxylic acids is 1. The van der Waals surface area contributed by atoms with Gasteiger partial charge in [0.15, 0.2) is 0 Å². The van der Waals surface area contributed by atoms with E-state index in [1.807, 2.05) is 24.0 Å². The number of nitrogens with zero attached hydrogens (tertiary/aromatic N) is 4. The van der Waals surface area contributed by atoms with Gasteiger partial charge in [-0.15, -0.1) is 0 Å². The third kappa shape index (κ3) is 2.80. The van der Waals surface area contributed by atoms with Crippen LogP contribution in [0.1, 0.15) is 46.7 Å². The molecular weight excluding hydrogens is 308 g/mol. The van der Waals surface area contributed by atoms with Gasteiger partial charge in [0.2, 0.25) is 11.7 Å². The largest absolute Gasteiger partial charge is 0.366 e. The number of fused-ring (bicyclic) bond motifs is 1. The SMILES string of the molecule is Cc1ccc(C(=O)N2CC[C@H]3O[C@H](c4noc(C)n4)C[C@@H]3C2)cn1. The van der Waals surface area contributed by atoms with Gasteiger partial charge in [0.25, 0.3) is 5.91 Å². The lowest BCUT2D eigenvalue weighted by Gasteiger charge is -2.34. The molecule has 2 aliphatic rings. The fraction of sp³-hybridized carbons (Fsp3) is 0.529. The normalized spacial score (nSPS) is 26.4. The third-order valence-corrected chi connectivity index (χ3v) is 4.80. The second kappa shape index (κ2) is 5.98. The molecule has 0 aliphatic carbocycles. The van der Waals surface area contributed by atoms with Gasteiger partial charge in [-0.25, -0.2) is 0 Å².